The first-order valence-corrected chi connectivity index (χ1v) is 10.4. The third-order valence-electron chi connectivity index (χ3n) is 4.93. The summed E-state index contributed by atoms with van der Waals surface area (Å²) in [7, 11) is 0. The summed E-state index contributed by atoms with van der Waals surface area (Å²) in [6, 6.07) is 15.4. The van der Waals surface area contributed by atoms with Crippen molar-refractivity contribution in [1.29, 1.82) is 0 Å². The second-order valence-electron chi connectivity index (χ2n) is 7.89. The maximum atomic E-state index is 12.2. The van der Waals surface area contributed by atoms with Crippen molar-refractivity contribution in [3.8, 4) is 16.9 Å². The molecule has 1 atom stereocenters. The molecule has 3 aromatic rings. The number of aromatic nitrogens is 1. The SMILES string of the molecule is Cc1ccc(-c2ccnc3ccc(OCCOC(=O)[C@H](CC(C)C)NC=O)cc23)cc1. The number of hydrogen-bond acceptors (Lipinski definition) is 5. The summed E-state index contributed by atoms with van der Waals surface area (Å²) in [4.78, 5) is 27.3. The zero-order valence-corrected chi connectivity index (χ0v) is 18.1. The first-order valence-electron chi connectivity index (χ1n) is 10.4. The summed E-state index contributed by atoms with van der Waals surface area (Å²) in [5.41, 5.74) is 4.29. The van der Waals surface area contributed by atoms with E-state index in [2.05, 4.69) is 41.5 Å². The molecule has 1 heterocycles. The van der Waals surface area contributed by atoms with Crippen LogP contribution in [0.3, 0.4) is 0 Å². The molecule has 0 bridgehead atoms. The summed E-state index contributed by atoms with van der Waals surface area (Å²) in [6.45, 7) is 6.34. The van der Waals surface area contributed by atoms with Crippen molar-refractivity contribution in [3.05, 3.63) is 60.3 Å². The van der Waals surface area contributed by atoms with Crippen LogP contribution in [0.2, 0.25) is 0 Å². The van der Waals surface area contributed by atoms with Gasteiger partial charge in [-0.25, -0.2) is 4.79 Å². The van der Waals surface area contributed by atoms with Gasteiger partial charge in [0.05, 0.1) is 5.52 Å². The zero-order chi connectivity index (χ0) is 22.2. The molecule has 0 aliphatic carbocycles. The number of nitrogens with zero attached hydrogens (tertiary/aromatic N) is 1. The van der Waals surface area contributed by atoms with E-state index in [9.17, 15) is 9.59 Å². The molecule has 0 aliphatic rings. The molecule has 0 saturated heterocycles. The van der Waals surface area contributed by atoms with E-state index in [0.717, 1.165) is 22.0 Å². The second-order valence-corrected chi connectivity index (χ2v) is 7.89. The third kappa shape index (κ3) is 6.04. The van der Waals surface area contributed by atoms with Crippen LogP contribution in [0.4, 0.5) is 0 Å². The van der Waals surface area contributed by atoms with Gasteiger partial charge in [-0.1, -0.05) is 43.7 Å². The number of aryl methyl sites for hydroxylation is 1. The van der Waals surface area contributed by atoms with Gasteiger partial charge in [0, 0.05) is 11.6 Å². The number of carbonyl (C=O) groups excluding carboxylic acids is 2. The van der Waals surface area contributed by atoms with Gasteiger partial charge in [0.1, 0.15) is 25.0 Å². The van der Waals surface area contributed by atoms with Crippen LogP contribution < -0.4 is 10.1 Å². The highest BCUT2D eigenvalue weighted by Crippen LogP contribution is 2.30. The van der Waals surface area contributed by atoms with Gasteiger partial charge in [0.2, 0.25) is 6.41 Å². The number of benzene rings is 2. The first-order chi connectivity index (χ1) is 15.0. The molecule has 31 heavy (non-hydrogen) atoms. The number of esters is 1. The van der Waals surface area contributed by atoms with Crippen LogP contribution in [0.1, 0.15) is 25.8 Å². The van der Waals surface area contributed by atoms with Gasteiger partial charge in [-0.05, 0) is 54.7 Å². The minimum absolute atomic E-state index is 0.101. The fourth-order valence-electron chi connectivity index (χ4n) is 3.39. The zero-order valence-electron chi connectivity index (χ0n) is 18.1. The topological polar surface area (TPSA) is 77.5 Å². The number of amides is 1. The summed E-state index contributed by atoms with van der Waals surface area (Å²) in [6.07, 6.45) is 2.86. The van der Waals surface area contributed by atoms with Gasteiger partial charge in [-0.15, -0.1) is 0 Å². The maximum absolute atomic E-state index is 12.2. The fraction of sp³-hybridized carbons (Fsp3) is 0.320. The van der Waals surface area contributed by atoms with E-state index >= 15 is 0 Å². The highest BCUT2D eigenvalue weighted by atomic mass is 16.6. The number of fused-ring (bicyclic) bond motifs is 1. The Kier molecular flexibility index (Phi) is 7.60. The largest absolute Gasteiger partial charge is 0.490 e. The van der Waals surface area contributed by atoms with E-state index in [-0.39, 0.29) is 19.1 Å². The van der Waals surface area contributed by atoms with E-state index in [1.807, 2.05) is 38.1 Å². The Balaban J connectivity index is 1.64. The summed E-state index contributed by atoms with van der Waals surface area (Å²) >= 11 is 0. The summed E-state index contributed by atoms with van der Waals surface area (Å²) in [5, 5.41) is 3.51. The molecule has 0 spiro atoms. The predicted octanol–water partition coefficient (Wildman–Crippen LogP) is 4.29. The predicted molar refractivity (Wildman–Crippen MR) is 121 cm³/mol. The molecule has 0 fully saturated rings. The standard InChI is InChI=1S/C25H28N2O4/c1-17(2)14-24(27-16-28)25(29)31-13-12-30-20-8-9-23-22(15-20)21(10-11-26-23)19-6-4-18(3)5-7-19/h4-11,15-17,24H,12-14H2,1-3H3,(H,27,28)/t24-/m0/s1. The molecule has 1 aromatic heterocycles. The molecule has 0 aliphatic heterocycles. The molecule has 1 N–H and O–H groups in total. The maximum Gasteiger partial charge on any atom is 0.328 e. The number of hydrogen-bond donors (Lipinski definition) is 1. The lowest BCUT2D eigenvalue weighted by Gasteiger charge is -2.17. The Bertz CT molecular complexity index is 1030. The molecule has 6 heteroatoms. The Morgan fingerprint density at radius 3 is 2.58 bits per heavy atom. The van der Waals surface area contributed by atoms with E-state index in [4.69, 9.17) is 9.47 Å². The Labute approximate surface area is 182 Å². The molecule has 1 amide bonds. The monoisotopic (exact) mass is 420 g/mol. The molecule has 0 saturated carbocycles. The number of ether oxygens (including phenoxy) is 2. The lowest BCUT2D eigenvalue weighted by atomic mass is 10.0. The Hall–Kier alpha value is -3.41. The molecular weight excluding hydrogens is 392 g/mol. The molecule has 162 valence electrons. The van der Waals surface area contributed by atoms with Gasteiger partial charge in [-0.2, -0.15) is 0 Å². The van der Waals surface area contributed by atoms with Gasteiger partial charge < -0.3 is 14.8 Å². The van der Waals surface area contributed by atoms with Crippen LogP contribution >= 0.6 is 0 Å². The normalized spacial score (nSPS) is 11.9. The van der Waals surface area contributed by atoms with Crippen molar-refractivity contribution in [2.75, 3.05) is 13.2 Å². The van der Waals surface area contributed by atoms with Gasteiger partial charge in [0.15, 0.2) is 0 Å². The van der Waals surface area contributed by atoms with Gasteiger partial charge >= 0.3 is 5.97 Å². The summed E-state index contributed by atoms with van der Waals surface area (Å²) in [5.74, 6) is 0.485. The van der Waals surface area contributed by atoms with Crippen LogP contribution in [0.25, 0.3) is 22.0 Å². The Morgan fingerprint density at radius 2 is 1.87 bits per heavy atom. The molecule has 6 nitrogen and oxygen atoms in total. The van der Waals surface area contributed by atoms with E-state index < -0.39 is 12.0 Å². The van der Waals surface area contributed by atoms with Crippen molar-refractivity contribution in [2.45, 2.75) is 33.2 Å². The third-order valence-corrected chi connectivity index (χ3v) is 4.93. The van der Waals surface area contributed by atoms with Crippen LogP contribution in [0.5, 0.6) is 5.75 Å². The van der Waals surface area contributed by atoms with Crippen molar-refractivity contribution in [2.24, 2.45) is 5.92 Å². The minimum atomic E-state index is -0.638. The number of carbonyl (C=O) groups is 2. The second kappa shape index (κ2) is 10.6. The van der Waals surface area contributed by atoms with Crippen molar-refractivity contribution >= 4 is 23.3 Å². The highest BCUT2D eigenvalue weighted by Gasteiger charge is 2.20. The molecule has 3 rings (SSSR count). The highest BCUT2D eigenvalue weighted by molar-refractivity contribution is 5.95. The molecule has 2 aromatic carbocycles. The fourth-order valence-corrected chi connectivity index (χ4v) is 3.39. The van der Waals surface area contributed by atoms with Crippen LogP contribution in [0.15, 0.2) is 54.7 Å². The molecule has 0 unspecified atom stereocenters. The molecular formula is C25H28N2O4. The van der Waals surface area contributed by atoms with E-state index in [1.165, 1.54) is 5.56 Å². The van der Waals surface area contributed by atoms with E-state index in [1.54, 1.807) is 6.20 Å². The van der Waals surface area contributed by atoms with E-state index in [0.29, 0.717) is 18.6 Å². The average molecular weight is 421 g/mol. The van der Waals surface area contributed by atoms with Crippen LogP contribution in [0, 0.1) is 12.8 Å². The number of rotatable bonds is 10. The number of pyridine rings is 1. The quantitative estimate of drug-likeness (QED) is 0.301. The first kappa shape index (κ1) is 22.3. The van der Waals surface area contributed by atoms with Crippen LogP contribution in [-0.4, -0.2) is 36.6 Å². The lowest BCUT2D eigenvalue weighted by molar-refractivity contribution is -0.148. The van der Waals surface area contributed by atoms with Gasteiger partial charge in [-0.3, -0.25) is 9.78 Å². The smallest absolute Gasteiger partial charge is 0.328 e. The van der Waals surface area contributed by atoms with Crippen molar-refractivity contribution < 1.29 is 19.1 Å². The number of nitrogens with one attached hydrogen (secondary N) is 1. The van der Waals surface area contributed by atoms with Crippen molar-refractivity contribution in [3.63, 3.8) is 0 Å². The average Bonchev–Trinajstić information content (AvgIpc) is 2.76. The summed E-state index contributed by atoms with van der Waals surface area (Å²) < 4.78 is 11.1. The van der Waals surface area contributed by atoms with Crippen molar-refractivity contribution in [1.82, 2.24) is 10.3 Å². The Morgan fingerprint density at radius 1 is 1.10 bits per heavy atom. The molecule has 0 radical (unpaired) electrons. The minimum Gasteiger partial charge on any atom is -0.490 e. The lowest BCUT2D eigenvalue weighted by Crippen LogP contribution is -2.38. The van der Waals surface area contributed by atoms with Gasteiger partial charge in [0.25, 0.3) is 0 Å². The van der Waals surface area contributed by atoms with Crippen LogP contribution in [-0.2, 0) is 14.3 Å².